The zero-order chi connectivity index (χ0) is 17.2. The molecule has 0 saturated carbocycles. The molecule has 0 bridgehead atoms. The van der Waals surface area contributed by atoms with E-state index in [0.29, 0.717) is 5.69 Å². The van der Waals surface area contributed by atoms with Crippen molar-refractivity contribution >= 4 is 44.6 Å². The Balaban J connectivity index is 2.30. The molecule has 0 unspecified atom stereocenters. The van der Waals surface area contributed by atoms with E-state index in [1.54, 1.807) is 12.1 Å². The summed E-state index contributed by atoms with van der Waals surface area (Å²) in [4.78, 5) is 12.4. The molecule has 2 aromatic rings. The number of amides is 1. The van der Waals surface area contributed by atoms with Gasteiger partial charge >= 0.3 is 0 Å². The molecule has 0 aromatic heterocycles. The number of ether oxygens (including phenoxy) is 1. The topological polar surface area (TPSA) is 72.5 Å². The first kappa shape index (κ1) is 17.6. The Hall–Kier alpha value is -1.76. The fourth-order valence-corrected chi connectivity index (χ4v) is 3.20. The molecular formula is C15H13Cl2NO4S. The Morgan fingerprint density at radius 3 is 2.26 bits per heavy atom. The van der Waals surface area contributed by atoms with E-state index in [-0.39, 0.29) is 26.3 Å². The van der Waals surface area contributed by atoms with Crippen molar-refractivity contribution in [1.82, 2.24) is 0 Å². The first-order chi connectivity index (χ1) is 10.7. The van der Waals surface area contributed by atoms with E-state index in [1.807, 2.05) is 0 Å². The Bertz CT molecular complexity index is 843. The lowest BCUT2D eigenvalue weighted by Crippen LogP contribution is -2.12. The van der Waals surface area contributed by atoms with E-state index in [0.717, 1.165) is 6.26 Å². The molecule has 0 aliphatic heterocycles. The number of halogens is 2. The molecule has 2 rings (SSSR count). The van der Waals surface area contributed by atoms with Crippen LogP contribution in [0.4, 0.5) is 5.69 Å². The quantitative estimate of drug-likeness (QED) is 0.887. The maximum atomic E-state index is 12.3. The first-order valence-electron chi connectivity index (χ1n) is 6.37. The van der Waals surface area contributed by atoms with Crippen LogP contribution in [-0.2, 0) is 9.84 Å². The molecule has 0 spiro atoms. The van der Waals surface area contributed by atoms with Gasteiger partial charge < -0.3 is 10.1 Å². The van der Waals surface area contributed by atoms with Gasteiger partial charge in [-0.05, 0) is 30.3 Å². The van der Waals surface area contributed by atoms with Crippen LogP contribution in [-0.4, -0.2) is 27.7 Å². The Labute approximate surface area is 144 Å². The largest absolute Gasteiger partial charge is 0.494 e. The minimum Gasteiger partial charge on any atom is -0.494 e. The SMILES string of the molecule is COc1c(Cl)cc(C(=O)Nc2cccc(S(C)(=O)=O)c2)cc1Cl. The van der Waals surface area contributed by atoms with Gasteiger partial charge in [-0.3, -0.25) is 4.79 Å². The molecule has 122 valence electrons. The van der Waals surface area contributed by atoms with Crippen LogP contribution in [0.1, 0.15) is 10.4 Å². The van der Waals surface area contributed by atoms with Gasteiger partial charge in [0.1, 0.15) is 0 Å². The summed E-state index contributed by atoms with van der Waals surface area (Å²) in [6.07, 6.45) is 1.09. The third-order valence-electron chi connectivity index (χ3n) is 2.98. The van der Waals surface area contributed by atoms with Gasteiger partial charge in [0, 0.05) is 17.5 Å². The van der Waals surface area contributed by atoms with Gasteiger partial charge in [-0.15, -0.1) is 0 Å². The van der Waals surface area contributed by atoms with E-state index in [1.165, 1.54) is 31.4 Å². The lowest BCUT2D eigenvalue weighted by molar-refractivity contribution is 0.102. The molecule has 0 fully saturated rings. The molecule has 2 aromatic carbocycles. The number of anilines is 1. The summed E-state index contributed by atoms with van der Waals surface area (Å²) in [6, 6.07) is 8.79. The molecule has 0 heterocycles. The van der Waals surface area contributed by atoms with Crippen LogP contribution in [0.25, 0.3) is 0 Å². The maximum absolute atomic E-state index is 12.3. The van der Waals surface area contributed by atoms with Crippen LogP contribution in [0, 0.1) is 0 Å². The van der Waals surface area contributed by atoms with Crippen molar-refractivity contribution < 1.29 is 17.9 Å². The Morgan fingerprint density at radius 2 is 1.74 bits per heavy atom. The highest BCUT2D eigenvalue weighted by atomic mass is 35.5. The predicted octanol–water partition coefficient (Wildman–Crippen LogP) is 3.66. The van der Waals surface area contributed by atoms with E-state index in [9.17, 15) is 13.2 Å². The van der Waals surface area contributed by atoms with Crippen molar-refractivity contribution in [1.29, 1.82) is 0 Å². The molecule has 0 aliphatic carbocycles. The lowest BCUT2D eigenvalue weighted by atomic mass is 10.2. The molecule has 1 N–H and O–H groups in total. The van der Waals surface area contributed by atoms with Crippen molar-refractivity contribution in [2.45, 2.75) is 4.90 Å². The maximum Gasteiger partial charge on any atom is 0.255 e. The number of carbonyl (C=O) groups excluding carboxylic acids is 1. The average molecular weight is 374 g/mol. The Morgan fingerprint density at radius 1 is 1.13 bits per heavy atom. The number of benzene rings is 2. The zero-order valence-corrected chi connectivity index (χ0v) is 14.6. The molecular weight excluding hydrogens is 361 g/mol. The van der Waals surface area contributed by atoms with Crippen LogP contribution in [0.2, 0.25) is 10.0 Å². The number of hydrogen-bond acceptors (Lipinski definition) is 4. The zero-order valence-electron chi connectivity index (χ0n) is 12.3. The number of rotatable bonds is 4. The van der Waals surface area contributed by atoms with Gasteiger partial charge in [0.15, 0.2) is 15.6 Å². The van der Waals surface area contributed by atoms with E-state index >= 15 is 0 Å². The van der Waals surface area contributed by atoms with Gasteiger partial charge in [0.25, 0.3) is 5.91 Å². The normalized spacial score (nSPS) is 11.1. The summed E-state index contributed by atoms with van der Waals surface area (Å²) < 4.78 is 28.1. The van der Waals surface area contributed by atoms with Crippen LogP contribution < -0.4 is 10.1 Å². The van der Waals surface area contributed by atoms with Gasteiger partial charge in [0.2, 0.25) is 0 Å². The summed E-state index contributed by atoms with van der Waals surface area (Å²) >= 11 is 12.0. The van der Waals surface area contributed by atoms with E-state index in [4.69, 9.17) is 27.9 Å². The van der Waals surface area contributed by atoms with Gasteiger partial charge in [-0.25, -0.2) is 8.42 Å². The molecule has 5 nitrogen and oxygen atoms in total. The molecule has 0 saturated heterocycles. The second kappa shape index (κ2) is 6.78. The summed E-state index contributed by atoms with van der Waals surface area (Å²) in [5.41, 5.74) is 0.576. The van der Waals surface area contributed by atoms with Crippen LogP contribution >= 0.6 is 23.2 Å². The summed E-state index contributed by atoms with van der Waals surface area (Å²) in [5.74, 6) is -0.189. The number of sulfone groups is 1. The third kappa shape index (κ3) is 4.16. The predicted molar refractivity (Wildman–Crippen MR) is 90.5 cm³/mol. The Kier molecular flexibility index (Phi) is 5.19. The van der Waals surface area contributed by atoms with Gasteiger partial charge in [-0.2, -0.15) is 0 Å². The van der Waals surface area contributed by atoms with E-state index in [2.05, 4.69) is 5.32 Å². The molecule has 0 radical (unpaired) electrons. The van der Waals surface area contributed by atoms with Crippen molar-refractivity contribution in [3.63, 3.8) is 0 Å². The standard InChI is InChI=1S/C15H13Cl2NO4S/c1-22-14-12(16)6-9(7-13(14)17)15(19)18-10-4-3-5-11(8-10)23(2,20)21/h3-8H,1-2H3,(H,18,19). The number of hydrogen-bond donors (Lipinski definition) is 1. The summed E-state index contributed by atoms with van der Waals surface area (Å²) in [7, 11) is -1.94. The fraction of sp³-hybridized carbons (Fsp3) is 0.133. The monoisotopic (exact) mass is 373 g/mol. The second-order valence-electron chi connectivity index (χ2n) is 4.73. The van der Waals surface area contributed by atoms with Gasteiger partial charge in [-0.1, -0.05) is 29.3 Å². The minimum atomic E-state index is -3.36. The third-order valence-corrected chi connectivity index (χ3v) is 4.66. The highest BCUT2D eigenvalue weighted by Crippen LogP contribution is 2.34. The van der Waals surface area contributed by atoms with Crippen molar-refractivity contribution in [3.05, 3.63) is 52.0 Å². The van der Waals surface area contributed by atoms with Crippen molar-refractivity contribution in [3.8, 4) is 5.75 Å². The molecule has 1 amide bonds. The fourth-order valence-electron chi connectivity index (χ4n) is 1.89. The highest BCUT2D eigenvalue weighted by Gasteiger charge is 2.14. The smallest absolute Gasteiger partial charge is 0.255 e. The average Bonchev–Trinajstić information content (AvgIpc) is 2.46. The molecule has 23 heavy (non-hydrogen) atoms. The van der Waals surface area contributed by atoms with Crippen molar-refractivity contribution in [2.24, 2.45) is 0 Å². The first-order valence-corrected chi connectivity index (χ1v) is 9.01. The van der Waals surface area contributed by atoms with Crippen molar-refractivity contribution in [2.75, 3.05) is 18.7 Å². The molecule has 0 atom stereocenters. The number of methoxy groups -OCH3 is 1. The van der Waals surface area contributed by atoms with E-state index < -0.39 is 15.7 Å². The highest BCUT2D eigenvalue weighted by molar-refractivity contribution is 7.90. The second-order valence-corrected chi connectivity index (χ2v) is 7.56. The van der Waals surface area contributed by atoms with Gasteiger partial charge in [0.05, 0.1) is 22.1 Å². The van der Waals surface area contributed by atoms with Crippen LogP contribution in [0.5, 0.6) is 5.75 Å². The lowest BCUT2D eigenvalue weighted by Gasteiger charge is -2.10. The van der Waals surface area contributed by atoms with Crippen LogP contribution in [0.3, 0.4) is 0 Å². The molecule has 0 aliphatic rings. The molecule has 8 heteroatoms. The summed E-state index contributed by atoms with van der Waals surface area (Å²) in [6.45, 7) is 0. The summed E-state index contributed by atoms with van der Waals surface area (Å²) in [5, 5.41) is 3.01. The minimum absolute atomic E-state index is 0.112. The number of nitrogens with one attached hydrogen (secondary N) is 1. The number of carbonyl (C=O) groups is 1. The van der Waals surface area contributed by atoms with Crippen LogP contribution in [0.15, 0.2) is 41.3 Å².